The third-order valence-electron chi connectivity index (χ3n) is 4.00. The second-order valence-corrected chi connectivity index (χ2v) is 6.73. The van der Waals surface area contributed by atoms with Crippen LogP contribution >= 0.6 is 11.8 Å². The monoisotopic (exact) mass is 321 g/mol. The van der Waals surface area contributed by atoms with Gasteiger partial charge in [0.15, 0.2) is 0 Å². The summed E-state index contributed by atoms with van der Waals surface area (Å²) in [6, 6.07) is 8.44. The van der Waals surface area contributed by atoms with Crippen molar-refractivity contribution < 1.29 is 9.53 Å². The molecule has 3 rings (SSSR count). The van der Waals surface area contributed by atoms with Crippen molar-refractivity contribution in [3.63, 3.8) is 0 Å². The third kappa shape index (κ3) is 4.46. The summed E-state index contributed by atoms with van der Waals surface area (Å²) in [7, 11) is 0. The lowest BCUT2D eigenvalue weighted by molar-refractivity contribution is -0.122. The van der Waals surface area contributed by atoms with Crippen LogP contribution in [0.3, 0.4) is 0 Å². The number of ether oxygens (including phenoxy) is 1. The predicted molar refractivity (Wildman–Crippen MR) is 88.6 cm³/mol. The van der Waals surface area contributed by atoms with Gasteiger partial charge in [-0.1, -0.05) is 24.3 Å². The van der Waals surface area contributed by atoms with Gasteiger partial charge in [-0.15, -0.1) is 11.8 Å². The number of benzene rings is 1. The van der Waals surface area contributed by atoms with Crippen LogP contribution in [0.15, 0.2) is 24.3 Å². The fourth-order valence-electron chi connectivity index (χ4n) is 2.73. The molecule has 6 heteroatoms. The average molecular weight is 321 g/mol. The molecule has 1 aromatic carbocycles. The minimum absolute atomic E-state index is 0.0402. The van der Waals surface area contributed by atoms with Gasteiger partial charge in [0.1, 0.15) is 0 Å². The van der Waals surface area contributed by atoms with Crippen LogP contribution in [0.4, 0.5) is 0 Å². The van der Waals surface area contributed by atoms with E-state index in [0.717, 1.165) is 50.0 Å². The van der Waals surface area contributed by atoms with Crippen molar-refractivity contribution in [3.05, 3.63) is 35.4 Å². The van der Waals surface area contributed by atoms with Gasteiger partial charge in [0.25, 0.3) is 0 Å². The van der Waals surface area contributed by atoms with Gasteiger partial charge in [-0.25, -0.2) is 0 Å². The number of hydrogen-bond acceptors (Lipinski definition) is 5. The first-order chi connectivity index (χ1) is 10.8. The Hall–Kier alpha value is -1.08. The van der Waals surface area contributed by atoms with Gasteiger partial charge in [0, 0.05) is 37.8 Å². The number of morpholine rings is 1. The van der Waals surface area contributed by atoms with E-state index in [-0.39, 0.29) is 11.9 Å². The Balaban J connectivity index is 1.50. The zero-order valence-electron chi connectivity index (χ0n) is 12.7. The molecule has 2 saturated heterocycles. The molecule has 2 N–H and O–H groups in total. The molecule has 2 aliphatic rings. The topological polar surface area (TPSA) is 53.6 Å². The molecule has 2 heterocycles. The van der Waals surface area contributed by atoms with Gasteiger partial charge in [0.2, 0.25) is 5.91 Å². The summed E-state index contributed by atoms with van der Waals surface area (Å²) >= 11 is 1.77. The number of nitrogens with zero attached hydrogens (tertiary/aromatic N) is 1. The number of amides is 1. The van der Waals surface area contributed by atoms with Crippen molar-refractivity contribution in [3.8, 4) is 0 Å². The molecule has 5 nitrogen and oxygen atoms in total. The summed E-state index contributed by atoms with van der Waals surface area (Å²) in [6.07, 6.45) is 0. The van der Waals surface area contributed by atoms with E-state index in [0.29, 0.717) is 6.54 Å². The predicted octanol–water partition coefficient (Wildman–Crippen LogP) is 0.797. The van der Waals surface area contributed by atoms with Crippen molar-refractivity contribution in [2.24, 2.45) is 0 Å². The molecule has 0 aliphatic carbocycles. The number of carbonyl (C=O) groups excluding carboxylic acids is 1. The summed E-state index contributed by atoms with van der Waals surface area (Å²) in [5.74, 6) is 1.83. The number of nitrogens with one attached hydrogen (secondary N) is 2. The second kappa shape index (κ2) is 7.97. The normalized spacial score (nSPS) is 22.6. The lowest BCUT2D eigenvalue weighted by atomic mass is 10.1. The first kappa shape index (κ1) is 15.8. The Labute approximate surface area is 135 Å². The van der Waals surface area contributed by atoms with Crippen LogP contribution in [-0.2, 0) is 22.6 Å². The van der Waals surface area contributed by atoms with Gasteiger partial charge in [-0.2, -0.15) is 0 Å². The lowest BCUT2D eigenvalue weighted by Crippen LogP contribution is -2.41. The maximum atomic E-state index is 12.0. The van der Waals surface area contributed by atoms with Crippen molar-refractivity contribution in [2.75, 3.05) is 37.9 Å². The van der Waals surface area contributed by atoms with Gasteiger partial charge in [-0.05, 0) is 11.1 Å². The molecular formula is C16H23N3O2S. The summed E-state index contributed by atoms with van der Waals surface area (Å²) in [4.78, 5) is 14.4. The van der Waals surface area contributed by atoms with E-state index in [1.165, 1.54) is 5.56 Å². The lowest BCUT2D eigenvalue weighted by Gasteiger charge is -2.26. The Bertz CT molecular complexity index is 500. The van der Waals surface area contributed by atoms with Crippen LogP contribution in [0, 0.1) is 0 Å². The van der Waals surface area contributed by atoms with Gasteiger partial charge >= 0.3 is 0 Å². The molecule has 1 amide bonds. The molecule has 1 aromatic rings. The number of rotatable bonds is 5. The number of carbonyl (C=O) groups is 1. The van der Waals surface area contributed by atoms with Gasteiger partial charge in [0.05, 0.1) is 19.3 Å². The SMILES string of the molecule is O=C(NCc1cccc(CN2CCOCC2)c1)C1CSCN1. The Kier molecular flexibility index (Phi) is 5.72. The molecular weight excluding hydrogens is 298 g/mol. The molecule has 0 spiro atoms. The van der Waals surface area contributed by atoms with Crippen LogP contribution < -0.4 is 10.6 Å². The summed E-state index contributed by atoms with van der Waals surface area (Å²) < 4.78 is 5.38. The molecule has 2 aliphatic heterocycles. The number of thioether (sulfide) groups is 1. The van der Waals surface area contributed by atoms with Crippen molar-refractivity contribution >= 4 is 17.7 Å². The highest BCUT2D eigenvalue weighted by Crippen LogP contribution is 2.11. The van der Waals surface area contributed by atoms with E-state index in [4.69, 9.17) is 4.74 Å². The maximum absolute atomic E-state index is 12.0. The molecule has 1 unspecified atom stereocenters. The number of hydrogen-bond donors (Lipinski definition) is 2. The van der Waals surface area contributed by atoms with Crippen molar-refractivity contribution in [2.45, 2.75) is 19.1 Å². The molecule has 0 aromatic heterocycles. The van der Waals surface area contributed by atoms with Crippen LogP contribution in [0.1, 0.15) is 11.1 Å². The largest absolute Gasteiger partial charge is 0.379 e. The van der Waals surface area contributed by atoms with Crippen LogP contribution in [0.5, 0.6) is 0 Å². The summed E-state index contributed by atoms with van der Waals surface area (Å²) in [5.41, 5.74) is 2.45. The smallest absolute Gasteiger partial charge is 0.238 e. The Morgan fingerprint density at radius 2 is 2.18 bits per heavy atom. The average Bonchev–Trinajstić information content (AvgIpc) is 3.08. The van der Waals surface area contributed by atoms with E-state index < -0.39 is 0 Å². The van der Waals surface area contributed by atoms with Crippen LogP contribution in [0.25, 0.3) is 0 Å². The highest BCUT2D eigenvalue weighted by Gasteiger charge is 2.21. The second-order valence-electron chi connectivity index (χ2n) is 5.70. The fourth-order valence-corrected chi connectivity index (χ4v) is 3.67. The van der Waals surface area contributed by atoms with Gasteiger partial charge in [-0.3, -0.25) is 15.0 Å². The third-order valence-corrected chi connectivity index (χ3v) is 4.94. The molecule has 120 valence electrons. The fraction of sp³-hybridized carbons (Fsp3) is 0.562. The van der Waals surface area contributed by atoms with Crippen molar-refractivity contribution in [1.82, 2.24) is 15.5 Å². The van der Waals surface area contributed by atoms with E-state index in [2.05, 4.69) is 39.8 Å². The molecule has 0 bridgehead atoms. The summed E-state index contributed by atoms with van der Waals surface area (Å²) in [6.45, 7) is 5.17. The van der Waals surface area contributed by atoms with Crippen LogP contribution in [0.2, 0.25) is 0 Å². The zero-order valence-corrected chi connectivity index (χ0v) is 13.5. The zero-order chi connectivity index (χ0) is 15.2. The minimum atomic E-state index is -0.0402. The molecule has 0 saturated carbocycles. The molecule has 2 fully saturated rings. The van der Waals surface area contributed by atoms with Crippen LogP contribution in [-0.4, -0.2) is 54.8 Å². The molecule has 0 radical (unpaired) electrons. The standard InChI is InChI=1S/C16H23N3O2S/c20-16(15-11-22-12-18-15)17-9-13-2-1-3-14(8-13)10-19-4-6-21-7-5-19/h1-3,8,15,18H,4-7,9-12H2,(H,17,20). The van der Waals surface area contributed by atoms with Crippen molar-refractivity contribution in [1.29, 1.82) is 0 Å². The van der Waals surface area contributed by atoms with E-state index >= 15 is 0 Å². The summed E-state index contributed by atoms with van der Waals surface area (Å²) in [5, 5.41) is 6.21. The Morgan fingerprint density at radius 1 is 1.36 bits per heavy atom. The first-order valence-electron chi connectivity index (χ1n) is 7.78. The maximum Gasteiger partial charge on any atom is 0.238 e. The Morgan fingerprint density at radius 3 is 2.95 bits per heavy atom. The molecule has 1 atom stereocenters. The van der Waals surface area contributed by atoms with E-state index in [9.17, 15) is 4.79 Å². The first-order valence-corrected chi connectivity index (χ1v) is 8.93. The quantitative estimate of drug-likeness (QED) is 0.840. The minimum Gasteiger partial charge on any atom is -0.379 e. The van der Waals surface area contributed by atoms with E-state index in [1.807, 2.05) is 0 Å². The highest BCUT2D eigenvalue weighted by atomic mass is 32.2. The highest BCUT2D eigenvalue weighted by molar-refractivity contribution is 7.99. The molecule has 22 heavy (non-hydrogen) atoms. The van der Waals surface area contributed by atoms with E-state index in [1.54, 1.807) is 11.8 Å². The van der Waals surface area contributed by atoms with Gasteiger partial charge < -0.3 is 10.1 Å².